The maximum atomic E-state index is 14.1. The quantitative estimate of drug-likeness (QED) is 0.750. The van der Waals surface area contributed by atoms with Crippen LogP contribution in [0.3, 0.4) is 0 Å². The molecule has 0 amide bonds. The third-order valence-electron chi connectivity index (χ3n) is 3.30. The van der Waals surface area contributed by atoms with Crippen molar-refractivity contribution in [2.45, 2.75) is 13.3 Å². The Morgan fingerprint density at radius 1 is 1.19 bits per heavy atom. The van der Waals surface area contributed by atoms with Crippen LogP contribution in [0.4, 0.5) is 10.1 Å². The molecule has 0 saturated carbocycles. The predicted octanol–water partition coefficient (Wildman–Crippen LogP) is 2.61. The second-order valence-corrected chi connectivity index (χ2v) is 4.64. The van der Waals surface area contributed by atoms with Crippen molar-refractivity contribution in [2.24, 2.45) is 0 Å². The molecule has 2 aromatic carbocycles. The molecule has 0 radical (unpaired) electrons. The van der Waals surface area contributed by atoms with Crippen LogP contribution in [0.1, 0.15) is 12.5 Å². The van der Waals surface area contributed by atoms with Crippen LogP contribution in [0.2, 0.25) is 0 Å². The summed E-state index contributed by atoms with van der Waals surface area (Å²) in [4.78, 5) is 0. The number of halogens is 1. The van der Waals surface area contributed by atoms with E-state index < -0.39 is 5.82 Å². The molecule has 21 heavy (non-hydrogen) atoms. The average molecular weight is 283 g/mol. The van der Waals surface area contributed by atoms with E-state index in [4.69, 9.17) is 5.73 Å². The highest BCUT2D eigenvalue weighted by molar-refractivity contribution is 5.62. The van der Waals surface area contributed by atoms with Gasteiger partial charge >= 0.3 is 0 Å². The molecule has 0 fully saturated rings. The minimum Gasteiger partial charge on any atom is -0.399 e. The standard InChI is InChI=1S/C15H14FN5/c1-2-10-5-3-4-6-14(10)21-15(18-19-20-21)12-8-7-11(17)9-13(12)16/h3-9H,2,17H2,1H3. The lowest BCUT2D eigenvalue weighted by Crippen LogP contribution is -2.04. The largest absolute Gasteiger partial charge is 0.399 e. The van der Waals surface area contributed by atoms with E-state index in [1.807, 2.05) is 31.2 Å². The second kappa shape index (κ2) is 5.32. The van der Waals surface area contributed by atoms with Gasteiger partial charge in [0.15, 0.2) is 5.82 Å². The van der Waals surface area contributed by atoms with Crippen LogP contribution in [0, 0.1) is 5.82 Å². The Morgan fingerprint density at radius 2 is 2.00 bits per heavy atom. The molecule has 3 rings (SSSR count). The first-order valence-corrected chi connectivity index (χ1v) is 6.62. The number of benzene rings is 2. The number of nitrogen functional groups attached to an aromatic ring is 1. The number of nitrogens with zero attached hydrogens (tertiary/aromatic N) is 4. The van der Waals surface area contributed by atoms with Crippen LogP contribution in [0.25, 0.3) is 17.1 Å². The Morgan fingerprint density at radius 3 is 2.76 bits per heavy atom. The minimum atomic E-state index is -0.444. The van der Waals surface area contributed by atoms with Gasteiger partial charge in [0.1, 0.15) is 5.82 Å². The Bertz CT molecular complexity index is 781. The molecule has 106 valence electrons. The van der Waals surface area contributed by atoms with Gasteiger partial charge in [0.05, 0.1) is 11.3 Å². The first kappa shape index (κ1) is 13.2. The number of tetrazole rings is 1. The Kier molecular flexibility index (Phi) is 3.35. The van der Waals surface area contributed by atoms with Crippen LogP contribution < -0.4 is 5.73 Å². The number of hydrogen-bond acceptors (Lipinski definition) is 4. The molecule has 2 N–H and O–H groups in total. The van der Waals surface area contributed by atoms with Crippen LogP contribution >= 0.6 is 0 Å². The van der Waals surface area contributed by atoms with Gasteiger partial charge in [-0.2, -0.15) is 4.68 Å². The van der Waals surface area contributed by atoms with Gasteiger partial charge in [0, 0.05) is 5.69 Å². The predicted molar refractivity (Wildman–Crippen MR) is 78.3 cm³/mol. The van der Waals surface area contributed by atoms with Gasteiger partial charge in [-0.1, -0.05) is 25.1 Å². The maximum absolute atomic E-state index is 14.1. The lowest BCUT2D eigenvalue weighted by atomic mass is 10.1. The van der Waals surface area contributed by atoms with Crippen molar-refractivity contribution in [1.29, 1.82) is 0 Å². The van der Waals surface area contributed by atoms with Crippen molar-refractivity contribution in [3.05, 3.63) is 53.8 Å². The lowest BCUT2D eigenvalue weighted by molar-refractivity contribution is 0.629. The number of para-hydroxylation sites is 1. The Hall–Kier alpha value is -2.76. The summed E-state index contributed by atoms with van der Waals surface area (Å²) in [7, 11) is 0. The molecule has 0 saturated heterocycles. The summed E-state index contributed by atoms with van der Waals surface area (Å²) in [5.41, 5.74) is 8.19. The normalized spacial score (nSPS) is 10.8. The molecule has 0 unspecified atom stereocenters. The summed E-state index contributed by atoms with van der Waals surface area (Å²) in [6.07, 6.45) is 0.833. The summed E-state index contributed by atoms with van der Waals surface area (Å²) in [6.45, 7) is 2.05. The number of hydrogen-bond donors (Lipinski definition) is 1. The fourth-order valence-electron chi connectivity index (χ4n) is 2.25. The fourth-order valence-corrected chi connectivity index (χ4v) is 2.25. The van der Waals surface area contributed by atoms with E-state index >= 15 is 0 Å². The number of aryl methyl sites for hydroxylation is 1. The zero-order valence-corrected chi connectivity index (χ0v) is 11.5. The van der Waals surface area contributed by atoms with Crippen molar-refractivity contribution in [3.8, 4) is 17.1 Å². The zero-order chi connectivity index (χ0) is 14.8. The smallest absolute Gasteiger partial charge is 0.190 e. The molecular weight excluding hydrogens is 269 g/mol. The van der Waals surface area contributed by atoms with Gasteiger partial charge in [-0.3, -0.25) is 0 Å². The molecule has 0 bridgehead atoms. The third-order valence-corrected chi connectivity index (χ3v) is 3.30. The number of aromatic nitrogens is 4. The van der Waals surface area contributed by atoms with E-state index in [2.05, 4.69) is 15.5 Å². The average Bonchev–Trinajstić information content (AvgIpc) is 2.96. The molecule has 1 heterocycles. The van der Waals surface area contributed by atoms with Crippen LogP contribution in [-0.2, 0) is 6.42 Å². The molecule has 1 aromatic heterocycles. The van der Waals surface area contributed by atoms with Gasteiger partial charge in [0.25, 0.3) is 0 Å². The van der Waals surface area contributed by atoms with Crippen LogP contribution in [0.15, 0.2) is 42.5 Å². The maximum Gasteiger partial charge on any atom is 0.190 e. The van der Waals surface area contributed by atoms with Crippen molar-refractivity contribution >= 4 is 5.69 Å². The van der Waals surface area contributed by atoms with Gasteiger partial charge in [-0.25, -0.2) is 4.39 Å². The molecule has 0 aliphatic carbocycles. The number of anilines is 1. The van der Waals surface area contributed by atoms with Gasteiger partial charge < -0.3 is 5.73 Å². The van der Waals surface area contributed by atoms with Crippen LogP contribution in [0.5, 0.6) is 0 Å². The van der Waals surface area contributed by atoms with E-state index in [-0.39, 0.29) is 0 Å². The highest BCUT2D eigenvalue weighted by Gasteiger charge is 2.16. The molecule has 3 aromatic rings. The first-order valence-electron chi connectivity index (χ1n) is 6.62. The number of nitrogens with two attached hydrogens (primary N) is 1. The molecule has 0 atom stereocenters. The van der Waals surface area contributed by atoms with E-state index in [1.54, 1.807) is 16.8 Å². The lowest BCUT2D eigenvalue weighted by Gasteiger charge is -2.09. The topological polar surface area (TPSA) is 69.6 Å². The number of rotatable bonds is 3. The van der Waals surface area contributed by atoms with E-state index in [9.17, 15) is 4.39 Å². The SMILES string of the molecule is CCc1ccccc1-n1nnnc1-c1ccc(N)cc1F. The zero-order valence-electron chi connectivity index (χ0n) is 11.5. The third kappa shape index (κ3) is 2.35. The second-order valence-electron chi connectivity index (χ2n) is 4.64. The highest BCUT2D eigenvalue weighted by Crippen LogP contribution is 2.25. The van der Waals surface area contributed by atoms with E-state index in [1.165, 1.54) is 6.07 Å². The Balaban J connectivity index is 2.17. The summed E-state index contributed by atoms with van der Waals surface area (Å²) in [5, 5.41) is 11.6. The van der Waals surface area contributed by atoms with Crippen molar-refractivity contribution in [3.63, 3.8) is 0 Å². The van der Waals surface area contributed by atoms with Crippen molar-refractivity contribution in [2.75, 3.05) is 5.73 Å². The molecular formula is C15H14FN5. The van der Waals surface area contributed by atoms with Crippen molar-refractivity contribution < 1.29 is 4.39 Å². The molecule has 0 aliphatic heterocycles. The monoisotopic (exact) mass is 283 g/mol. The highest BCUT2D eigenvalue weighted by atomic mass is 19.1. The summed E-state index contributed by atoms with van der Waals surface area (Å²) in [6, 6.07) is 12.2. The first-order chi connectivity index (χ1) is 10.2. The van der Waals surface area contributed by atoms with Crippen molar-refractivity contribution in [1.82, 2.24) is 20.2 Å². The summed E-state index contributed by atoms with van der Waals surface area (Å²) < 4.78 is 15.7. The molecule has 5 nitrogen and oxygen atoms in total. The van der Waals surface area contributed by atoms with Gasteiger partial charge in [-0.05, 0) is 46.7 Å². The molecule has 0 spiro atoms. The summed E-state index contributed by atoms with van der Waals surface area (Å²) >= 11 is 0. The molecule has 0 aliphatic rings. The summed E-state index contributed by atoms with van der Waals surface area (Å²) in [5.74, 6) is -0.0894. The van der Waals surface area contributed by atoms with E-state index in [0.717, 1.165) is 17.7 Å². The minimum absolute atomic E-state index is 0.320. The Labute approximate surface area is 121 Å². The molecule has 6 heteroatoms. The van der Waals surface area contributed by atoms with Crippen LogP contribution in [-0.4, -0.2) is 20.2 Å². The van der Waals surface area contributed by atoms with Gasteiger partial charge in [-0.15, -0.1) is 5.10 Å². The fraction of sp³-hybridized carbons (Fsp3) is 0.133. The van der Waals surface area contributed by atoms with Gasteiger partial charge in [0.2, 0.25) is 0 Å². The van der Waals surface area contributed by atoms with E-state index in [0.29, 0.717) is 17.1 Å².